The van der Waals surface area contributed by atoms with Gasteiger partial charge in [0.2, 0.25) is 0 Å². The molecule has 0 aliphatic carbocycles. The molecule has 0 amide bonds. The molecule has 3 unspecified atom stereocenters. The Morgan fingerprint density at radius 3 is 2.78 bits per heavy atom. The maximum atomic E-state index is 11.5. The molecule has 18 heavy (non-hydrogen) atoms. The molecule has 8 nitrogen and oxygen atoms in total. The fourth-order valence-electron chi connectivity index (χ4n) is 1.72. The second-order valence-corrected chi connectivity index (χ2v) is 3.68. The number of hydrogen-bond donors (Lipinski definition) is 4. The summed E-state index contributed by atoms with van der Waals surface area (Å²) in [6.45, 7) is -0.190. The van der Waals surface area contributed by atoms with E-state index in [1.54, 1.807) is 0 Å². The van der Waals surface area contributed by atoms with Crippen molar-refractivity contribution in [2.24, 2.45) is 5.73 Å². The Morgan fingerprint density at radius 2 is 2.28 bits per heavy atom. The molecule has 3 atom stereocenters. The van der Waals surface area contributed by atoms with Gasteiger partial charge in [-0.2, -0.15) is 4.98 Å². The SMILES string of the molecule is CN.Nc1ccn(C2OC(CO)CC2O)c(=O)n1. The average Bonchev–Trinajstić information content (AvgIpc) is 2.73. The fraction of sp³-hybridized carbons (Fsp3) is 0.600. The van der Waals surface area contributed by atoms with E-state index in [2.05, 4.69) is 10.7 Å². The molecule has 0 aromatic carbocycles. The lowest BCUT2D eigenvalue weighted by Gasteiger charge is -2.16. The van der Waals surface area contributed by atoms with E-state index in [9.17, 15) is 9.90 Å². The van der Waals surface area contributed by atoms with Gasteiger partial charge in [0.1, 0.15) is 11.9 Å². The van der Waals surface area contributed by atoms with Crippen LogP contribution in [0.4, 0.5) is 5.82 Å². The van der Waals surface area contributed by atoms with E-state index in [1.807, 2.05) is 0 Å². The number of aliphatic hydroxyl groups is 2. The van der Waals surface area contributed by atoms with Gasteiger partial charge in [-0.25, -0.2) is 4.79 Å². The van der Waals surface area contributed by atoms with Crippen LogP contribution in [-0.4, -0.2) is 45.6 Å². The Bertz CT molecular complexity index is 436. The van der Waals surface area contributed by atoms with Crippen LogP contribution in [0.1, 0.15) is 12.6 Å². The van der Waals surface area contributed by atoms with Crippen molar-refractivity contribution >= 4 is 5.82 Å². The highest BCUT2D eigenvalue weighted by Gasteiger charge is 2.35. The zero-order chi connectivity index (χ0) is 13.7. The number of nitrogens with two attached hydrogens (primary N) is 2. The van der Waals surface area contributed by atoms with Gasteiger partial charge in [-0.1, -0.05) is 0 Å². The van der Waals surface area contributed by atoms with Crippen LogP contribution in [0.15, 0.2) is 17.1 Å². The molecule has 1 aromatic rings. The lowest BCUT2D eigenvalue weighted by molar-refractivity contribution is -0.0529. The lowest BCUT2D eigenvalue weighted by Crippen LogP contribution is -2.31. The molecule has 2 heterocycles. The van der Waals surface area contributed by atoms with Gasteiger partial charge in [0, 0.05) is 12.6 Å². The number of ether oxygens (including phenoxy) is 1. The third-order valence-corrected chi connectivity index (χ3v) is 2.49. The summed E-state index contributed by atoms with van der Waals surface area (Å²) in [7, 11) is 1.50. The third-order valence-electron chi connectivity index (χ3n) is 2.49. The van der Waals surface area contributed by atoms with Gasteiger partial charge >= 0.3 is 5.69 Å². The molecule has 0 saturated carbocycles. The Labute approximate surface area is 104 Å². The molecule has 0 bridgehead atoms. The van der Waals surface area contributed by atoms with E-state index >= 15 is 0 Å². The van der Waals surface area contributed by atoms with Gasteiger partial charge in [-0.15, -0.1) is 0 Å². The first kappa shape index (κ1) is 14.6. The summed E-state index contributed by atoms with van der Waals surface area (Å²) < 4.78 is 6.48. The van der Waals surface area contributed by atoms with Crippen molar-refractivity contribution in [3.63, 3.8) is 0 Å². The minimum absolute atomic E-state index is 0.118. The van der Waals surface area contributed by atoms with Gasteiger partial charge in [-0.05, 0) is 13.1 Å². The Balaban J connectivity index is 0.000000771. The number of nitrogen functional groups attached to an aromatic ring is 1. The van der Waals surface area contributed by atoms with Crippen LogP contribution < -0.4 is 17.2 Å². The molecule has 1 saturated heterocycles. The fourth-order valence-corrected chi connectivity index (χ4v) is 1.72. The largest absolute Gasteiger partial charge is 0.394 e. The van der Waals surface area contributed by atoms with Gasteiger partial charge in [-0.3, -0.25) is 4.57 Å². The van der Waals surface area contributed by atoms with Crippen molar-refractivity contribution in [3.8, 4) is 0 Å². The van der Waals surface area contributed by atoms with Crippen molar-refractivity contribution in [2.45, 2.75) is 24.9 Å². The minimum atomic E-state index is -0.833. The maximum Gasteiger partial charge on any atom is 0.351 e. The van der Waals surface area contributed by atoms with Crippen LogP contribution in [0.5, 0.6) is 0 Å². The summed E-state index contributed by atoms with van der Waals surface area (Å²) in [5, 5.41) is 18.6. The molecular weight excluding hydrogens is 240 g/mol. The first-order valence-electron chi connectivity index (χ1n) is 5.48. The van der Waals surface area contributed by atoms with Crippen molar-refractivity contribution in [3.05, 3.63) is 22.7 Å². The topological polar surface area (TPSA) is 137 Å². The van der Waals surface area contributed by atoms with Crippen LogP contribution >= 0.6 is 0 Å². The van der Waals surface area contributed by atoms with Crippen molar-refractivity contribution in [1.82, 2.24) is 9.55 Å². The first-order valence-corrected chi connectivity index (χ1v) is 5.48. The average molecular weight is 258 g/mol. The molecule has 1 aliphatic rings. The highest BCUT2D eigenvalue weighted by Crippen LogP contribution is 2.27. The van der Waals surface area contributed by atoms with Crippen LogP contribution in [0, 0.1) is 0 Å². The molecule has 1 fully saturated rings. The third kappa shape index (κ3) is 3.05. The molecule has 1 aromatic heterocycles. The zero-order valence-corrected chi connectivity index (χ0v) is 10.1. The van der Waals surface area contributed by atoms with Crippen molar-refractivity contribution in [1.29, 1.82) is 0 Å². The number of aliphatic hydroxyl groups excluding tert-OH is 2. The lowest BCUT2D eigenvalue weighted by atomic mass is 10.2. The van der Waals surface area contributed by atoms with Gasteiger partial charge in [0.25, 0.3) is 0 Å². The highest BCUT2D eigenvalue weighted by atomic mass is 16.5. The van der Waals surface area contributed by atoms with Crippen LogP contribution in [0.25, 0.3) is 0 Å². The second kappa shape index (κ2) is 6.45. The quantitative estimate of drug-likeness (QED) is 0.483. The van der Waals surface area contributed by atoms with E-state index in [0.717, 1.165) is 4.57 Å². The van der Waals surface area contributed by atoms with E-state index in [4.69, 9.17) is 15.6 Å². The molecular formula is C10H18N4O4. The number of nitrogens with zero attached hydrogens (tertiary/aromatic N) is 2. The molecule has 1 aliphatic heterocycles. The molecule has 6 N–H and O–H groups in total. The molecule has 0 radical (unpaired) electrons. The van der Waals surface area contributed by atoms with Gasteiger partial charge in [0.15, 0.2) is 6.23 Å². The van der Waals surface area contributed by atoms with Crippen LogP contribution in [0.3, 0.4) is 0 Å². The Kier molecular flexibility index (Phi) is 5.23. The minimum Gasteiger partial charge on any atom is -0.394 e. The number of anilines is 1. The predicted molar refractivity (Wildman–Crippen MR) is 64.6 cm³/mol. The summed E-state index contributed by atoms with van der Waals surface area (Å²) >= 11 is 0. The smallest absolute Gasteiger partial charge is 0.351 e. The monoisotopic (exact) mass is 258 g/mol. The van der Waals surface area contributed by atoms with Gasteiger partial charge in [0.05, 0.1) is 12.7 Å². The Hall–Kier alpha value is -1.48. The maximum absolute atomic E-state index is 11.5. The normalized spacial score (nSPS) is 26.6. The summed E-state index contributed by atoms with van der Waals surface area (Å²) in [5.74, 6) is 0.118. The number of rotatable bonds is 2. The van der Waals surface area contributed by atoms with Crippen molar-refractivity contribution < 1.29 is 14.9 Å². The summed E-state index contributed by atoms with van der Waals surface area (Å²) in [6, 6.07) is 1.45. The van der Waals surface area contributed by atoms with E-state index in [0.29, 0.717) is 0 Å². The first-order chi connectivity index (χ1) is 8.61. The van der Waals surface area contributed by atoms with Crippen LogP contribution in [0.2, 0.25) is 0 Å². The van der Waals surface area contributed by atoms with E-state index in [1.165, 1.54) is 19.3 Å². The molecule has 102 valence electrons. The van der Waals surface area contributed by atoms with E-state index < -0.39 is 24.1 Å². The van der Waals surface area contributed by atoms with Crippen LogP contribution in [-0.2, 0) is 4.74 Å². The molecule has 8 heteroatoms. The summed E-state index contributed by atoms with van der Waals surface area (Å²) in [5.41, 5.74) is 9.27. The number of aromatic nitrogens is 2. The summed E-state index contributed by atoms with van der Waals surface area (Å²) in [4.78, 5) is 15.0. The zero-order valence-electron chi connectivity index (χ0n) is 10.1. The Morgan fingerprint density at radius 1 is 1.61 bits per heavy atom. The second-order valence-electron chi connectivity index (χ2n) is 3.68. The summed E-state index contributed by atoms with van der Waals surface area (Å²) in [6.07, 6.45) is -0.390. The standard InChI is InChI=1S/C9H13N3O4.CH5N/c10-7-1-2-12(9(15)11-7)8-6(14)3-5(4-13)16-8;1-2/h1-2,5-6,8,13-14H,3-4H2,(H2,10,11,15);2H2,1H3. The highest BCUT2D eigenvalue weighted by molar-refractivity contribution is 5.23. The molecule has 0 spiro atoms. The predicted octanol–water partition coefficient (Wildman–Crippen LogP) is -1.96. The van der Waals surface area contributed by atoms with Crippen molar-refractivity contribution in [2.75, 3.05) is 19.4 Å². The number of hydrogen-bond acceptors (Lipinski definition) is 7. The van der Waals surface area contributed by atoms with E-state index in [-0.39, 0.29) is 18.8 Å². The van der Waals surface area contributed by atoms with Gasteiger partial charge < -0.3 is 26.4 Å². The molecule has 2 rings (SSSR count).